The molecule has 13 heavy (non-hydrogen) atoms. The first kappa shape index (κ1) is 12.9. The monoisotopic (exact) mass is 188 g/mol. The van der Waals surface area contributed by atoms with E-state index in [9.17, 15) is 0 Å². The maximum absolute atomic E-state index is 8.07. The Hall–Kier alpha value is -0.0800. The highest BCUT2D eigenvalue weighted by Gasteiger charge is 1.94. The molecule has 0 aliphatic rings. The fourth-order valence-corrected chi connectivity index (χ4v) is 1.43. The van der Waals surface area contributed by atoms with E-state index in [0.717, 1.165) is 12.3 Å². The Balaban J connectivity index is 2.84. The van der Waals surface area contributed by atoms with E-state index in [4.69, 9.17) is 5.26 Å². The molecule has 0 rings (SSSR count). The van der Waals surface area contributed by atoms with Crippen LogP contribution in [0, 0.1) is 5.92 Å². The largest absolute Gasteiger partial charge is 0.252 e. The summed E-state index contributed by atoms with van der Waals surface area (Å²) in [7, 11) is 0. The topological polar surface area (TPSA) is 29.5 Å². The third-order valence-corrected chi connectivity index (χ3v) is 2.27. The lowest BCUT2D eigenvalue weighted by atomic mass is 10.0. The molecule has 0 atom stereocenters. The average molecular weight is 188 g/mol. The molecule has 0 aromatic rings. The first-order valence-electron chi connectivity index (χ1n) is 5.53. The van der Waals surface area contributed by atoms with E-state index in [1.54, 1.807) is 0 Å². The van der Waals surface area contributed by atoms with Gasteiger partial charge in [0, 0.05) is 0 Å². The number of unbranched alkanes of at least 4 members (excludes halogenated alkanes) is 5. The second-order valence-corrected chi connectivity index (χ2v) is 4.14. The van der Waals surface area contributed by atoms with Crippen LogP contribution in [0.25, 0.3) is 0 Å². The molecule has 0 amide bonds. The molecule has 0 saturated heterocycles. The van der Waals surface area contributed by atoms with E-state index < -0.39 is 0 Å². The van der Waals surface area contributed by atoms with Crippen molar-refractivity contribution in [3.8, 4) is 0 Å². The van der Waals surface area contributed by atoms with Gasteiger partial charge in [-0.25, -0.2) is 4.89 Å². The molecule has 0 unspecified atom stereocenters. The first-order chi connectivity index (χ1) is 6.27. The van der Waals surface area contributed by atoms with Gasteiger partial charge in [-0.3, -0.25) is 5.26 Å². The van der Waals surface area contributed by atoms with Crippen LogP contribution in [0.2, 0.25) is 0 Å². The fourth-order valence-electron chi connectivity index (χ4n) is 1.43. The molecule has 0 aromatic heterocycles. The summed E-state index contributed by atoms with van der Waals surface area (Å²) in [5.41, 5.74) is 0. The highest BCUT2D eigenvalue weighted by atomic mass is 17.1. The number of hydrogen-bond donors (Lipinski definition) is 1. The van der Waals surface area contributed by atoms with Crippen LogP contribution in [0.4, 0.5) is 0 Å². The lowest BCUT2D eigenvalue weighted by molar-refractivity contribution is -0.242. The second kappa shape index (κ2) is 10.0. The molecule has 1 N–H and O–H groups in total. The van der Waals surface area contributed by atoms with Gasteiger partial charge in [0.05, 0.1) is 6.61 Å². The molecule has 0 spiro atoms. The molecule has 0 saturated carbocycles. The van der Waals surface area contributed by atoms with E-state index in [2.05, 4.69) is 18.7 Å². The molecule has 2 nitrogen and oxygen atoms in total. The van der Waals surface area contributed by atoms with Gasteiger partial charge in [0.15, 0.2) is 0 Å². The third-order valence-electron chi connectivity index (χ3n) is 2.27. The molecular formula is C11H24O2. The van der Waals surface area contributed by atoms with Gasteiger partial charge < -0.3 is 0 Å². The molecule has 0 aliphatic carbocycles. The number of hydrogen-bond acceptors (Lipinski definition) is 2. The van der Waals surface area contributed by atoms with Crippen molar-refractivity contribution in [1.82, 2.24) is 0 Å². The lowest BCUT2D eigenvalue weighted by Gasteiger charge is -2.03. The Morgan fingerprint density at radius 3 is 2.00 bits per heavy atom. The van der Waals surface area contributed by atoms with Gasteiger partial charge in [0.1, 0.15) is 0 Å². The molecule has 0 aromatic carbocycles. The summed E-state index contributed by atoms with van der Waals surface area (Å²) in [5.74, 6) is 0.850. The summed E-state index contributed by atoms with van der Waals surface area (Å²) in [6, 6.07) is 0. The second-order valence-electron chi connectivity index (χ2n) is 4.14. The van der Waals surface area contributed by atoms with Crippen LogP contribution in [0.15, 0.2) is 0 Å². The maximum Gasteiger partial charge on any atom is 0.0819 e. The van der Waals surface area contributed by atoms with Crippen LogP contribution in [0.1, 0.15) is 58.8 Å². The predicted octanol–water partition coefficient (Wildman–Crippen LogP) is 3.86. The Morgan fingerprint density at radius 1 is 0.923 bits per heavy atom. The van der Waals surface area contributed by atoms with Crippen LogP contribution >= 0.6 is 0 Å². The van der Waals surface area contributed by atoms with Gasteiger partial charge in [-0.15, -0.1) is 0 Å². The zero-order chi connectivity index (χ0) is 9.94. The van der Waals surface area contributed by atoms with Crippen molar-refractivity contribution < 1.29 is 10.1 Å². The van der Waals surface area contributed by atoms with E-state index in [-0.39, 0.29) is 0 Å². The molecule has 0 heterocycles. The quantitative estimate of drug-likeness (QED) is 0.338. The highest BCUT2D eigenvalue weighted by molar-refractivity contribution is 4.48. The maximum atomic E-state index is 8.07. The van der Waals surface area contributed by atoms with Crippen molar-refractivity contribution in [2.24, 2.45) is 5.92 Å². The summed E-state index contributed by atoms with van der Waals surface area (Å²) < 4.78 is 0. The minimum Gasteiger partial charge on any atom is -0.252 e. The normalized spacial score (nSPS) is 11.1. The van der Waals surface area contributed by atoms with Crippen molar-refractivity contribution in [2.75, 3.05) is 6.61 Å². The Bertz CT molecular complexity index is 92.1. The predicted molar refractivity (Wildman–Crippen MR) is 55.7 cm³/mol. The zero-order valence-electron chi connectivity index (χ0n) is 9.09. The van der Waals surface area contributed by atoms with E-state index in [1.165, 1.54) is 38.5 Å². The zero-order valence-corrected chi connectivity index (χ0v) is 9.09. The van der Waals surface area contributed by atoms with Crippen molar-refractivity contribution in [3.63, 3.8) is 0 Å². The Kier molecular flexibility index (Phi) is 9.94. The highest BCUT2D eigenvalue weighted by Crippen LogP contribution is 2.11. The Morgan fingerprint density at radius 2 is 1.46 bits per heavy atom. The first-order valence-corrected chi connectivity index (χ1v) is 5.53. The van der Waals surface area contributed by atoms with Crippen molar-refractivity contribution in [3.05, 3.63) is 0 Å². The summed E-state index contributed by atoms with van der Waals surface area (Å²) in [5, 5.41) is 8.07. The summed E-state index contributed by atoms with van der Waals surface area (Å²) in [6.45, 7) is 5.04. The van der Waals surface area contributed by atoms with Gasteiger partial charge in [0.25, 0.3) is 0 Å². The van der Waals surface area contributed by atoms with E-state index in [1.807, 2.05) is 0 Å². The molecular weight excluding hydrogens is 164 g/mol. The van der Waals surface area contributed by atoms with Gasteiger partial charge >= 0.3 is 0 Å². The molecule has 0 bridgehead atoms. The Labute approximate surface area is 82.2 Å². The van der Waals surface area contributed by atoms with Crippen LogP contribution < -0.4 is 0 Å². The van der Waals surface area contributed by atoms with E-state index >= 15 is 0 Å². The van der Waals surface area contributed by atoms with Crippen LogP contribution in [-0.2, 0) is 4.89 Å². The third kappa shape index (κ3) is 11.9. The molecule has 0 radical (unpaired) electrons. The SMILES string of the molecule is CC(C)CCCCCCCCOO. The van der Waals surface area contributed by atoms with Crippen molar-refractivity contribution in [2.45, 2.75) is 58.8 Å². The van der Waals surface area contributed by atoms with Crippen LogP contribution in [0.3, 0.4) is 0 Å². The van der Waals surface area contributed by atoms with E-state index in [0.29, 0.717) is 6.61 Å². The van der Waals surface area contributed by atoms with Gasteiger partial charge in [-0.05, 0) is 12.3 Å². The van der Waals surface area contributed by atoms with Crippen LogP contribution in [-0.4, -0.2) is 11.9 Å². The summed E-state index contributed by atoms with van der Waals surface area (Å²) >= 11 is 0. The average Bonchev–Trinajstić information content (AvgIpc) is 2.09. The van der Waals surface area contributed by atoms with Gasteiger partial charge in [0.2, 0.25) is 0 Å². The van der Waals surface area contributed by atoms with Crippen molar-refractivity contribution in [1.29, 1.82) is 0 Å². The lowest BCUT2D eigenvalue weighted by Crippen LogP contribution is -1.90. The minimum absolute atomic E-state index is 0.492. The summed E-state index contributed by atoms with van der Waals surface area (Å²) in [4.78, 5) is 4.00. The molecule has 0 fully saturated rings. The number of rotatable bonds is 9. The van der Waals surface area contributed by atoms with Gasteiger partial charge in [-0.2, -0.15) is 0 Å². The fraction of sp³-hybridized carbons (Fsp3) is 1.00. The standard InChI is InChI=1S/C11H24O2/c1-11(2)9-7-5-3-4-6-8-10-13-12/h11-12H,3-10H2,1-2H3. The summed E-state index contributed by atoms with van der Waals surface area (Å²) in [6.07, 6.45) is 8.87. The van der Waals surface area contributed by atoms with Gasteiger partial charge in [-0.1, -0.05) is 52.4 Å². The smallest absolute Gasteiger partial charge is 0.0819 e. The minimum atomic E-state index is 0.492. The molecule has 0 aliphatic heterocycles. The molecule has 80 valence electrons. The van der Waals surface area contributed by atoms with Crippen molar-refractivity contribution >= 4 is 0 Å². The molecule has 2 heteroatoms. The van der Waals surface area contributed by atoms with Crippen LogP contribution in [0.5, 0.6) is 0 Å².